The Hall–Kier alpha value is -6.38. The van der Waals surface area contributed by atoms with Crippen LogP contribution in [0, 0.1) is 0 Å². The van der Waals surface area contributed by atoms with Gasteiger partial charge in [-0.15, -0.1) is 0 Å². The van der Waals surface area contributed by atoms with E-state index < -0.39 is 0 Å². The summed E-state index contributed by atoms with van der Waals surface area (Å²) in [5.74, 6) is 0. The smallest absolute Gasteiger partial charge is 0.0543 e. The van der Waals surface area contributed by atoms with E-state index >= 15 is 0 Å². The van der Waals surface area contributed by atoms with Gasteiger partial charge in [0.25, 0.3) is 0 Å². The molecule has 9 aromatic rings. The fraction of sp³-hybridized carbons (Fsp3) is 0.115. The van der Waals surface area contributed by atoms with Gasteiger partial charge >= 0.3 is 0 Å². The van der Waals surface area contributed by atoms with Gasteiger partial charge in [0.2, 0.25) is 0 Å². The fourth-order valence-electron chi connectivity index (χ4n) is 10.0. The quantitative estimate of drug-likeness (QED) is 0.178. The molecule has 0 fully saturated rings. The Morgan fingerprint density at radius 2 is 0.852 bits per heavy atom. The molecule has 0 atom stereocenters. The predicted octanol–water partition coefficient (Wildman–Crippen LogP) is 14.0. The molecular weight excluding hydrogens is 653 g/mol. The Morgan fingerprint density at radius 1 is 0.389 bits per heavy atom. The van der Waals surface area contributed by atoms with Gasteiger partial charge in [-0.1, -0.05) is 155 Å². The minimum atomic E-state index is -0.114. The van der Waals surface area contributed by atoms with Crippen molar-refractivity contribution in [3.8, 4) is 27.9 Å². The highest BCUT2D eigenvalue weighted by Gasteiger charge is 2.40. The second kappa shape index (κ2) is 11.1. The molecule has 1 aromatic heterocycles. The number of hydrogen-bond acceptors (Lipinski definition) is 1. The first-order chi connectivity index (χ1) is 26.3. The number of nitrogens with zero attached hydrogens (tertiary/aromatic N) is 2. The molecule has 258 valence electrons. The summed E-state index contributed by atoms with van der Waals surface area (Å²) in [6.07, 6.45) is 0. The van der Waals surface area contributed by atoms with Gasteiger partial charge in [0.1, 0.15) is 0 Å². The van der Waals surface area contributed by atoms with Crippen molar-refractivity contribution in [2.75, 3.05) is 4.90 Å². The van der Waals surface area contributed by atoms with E-state index in [4.69, 9.17) is 0 Å². The molecule has 54 heavy (non-hydrogen) atoms. The summed E-state index contributed by atoms with van der Waals surface area (Å²) in [4.78, 5) is 2.58. The summed E-state index contributed by atoms with van der Waals surface area (Å²) >= 11 is 0. The summed E-state index contributed by atoms with van der Waals surface area (Å²) in [6.45, 7) is 9.50. The molecule has 8 aromatic carbocycles. The van der Waals surface area contributed by atoms with Gasteiger partial charge in [0.05, 0.1) is 28.1 Å². The van der Waals surface area contributed by atoms with Crippen LogP contribution >= 0.6 is 0 Å². The minimum absolute atomic E-state index is 0.114. The summed E-state index contributed by atoms with van der Waals surface area (Å²) in [5.41, 5.74) is 17.7. The largest absolute Gasteiger partial charge is 0.309 e. The molecule has 2 heteroatoms. The van der Waals surface area contributed by atoms with Gasteiger partial charge in [0, 0.05) is 43.8 Å². The first kappa shape index (κ1) is 31.2. The number of anilines is 3. The van der Waals surface area contributed by atoms with E-state index in [1.165, 1.54) is 94.1 Å². The molecule has 0 amide bonds. The van der Waals surface area contributed by atoms with E-state index in [2.05, 4.69) is 207 Å². The molecular formula is C52H40N2. The van der Waals surface area contributed by atoms with E-state index in [1.54, 1.807) is 0 Å². The van der Waals surface area contributed by atoms with E-state index in [-0.39, 0.29) is 10.8 Å². The summed E-state index contributed by atoms with van der Waals surface area (Å²) in [5, 5.41) is 4.97. The molecule has 2 nitrogen and oxygen atoms in total. The van der Waals surface area contributed by atoms with Crippen LogP contribution in [0.4, 0.5) is 17.1 Å². The van der Waals surface area contributed by atoms with E-state index in [0.717, 1.165) is 5.69 Å². The summed E-state index contributed by atoms with van der Waals surface area (Å²) in [6, 6.07) is 63.3. The standard InChI is InChI=1S/C52H40N2/c1-51(2)40-21-9-5-19-38(40)49-42(51)23-14-28-47(49)54(48-29-15-24-43-50(48)39-20-6-10-22-41(39)52(43,3)4)44-27-13-16-33-32-34(30-31-35(33)44)53-45-25-11-7-17-36(45)37-18-8-12-26-46(37)53/h5-32H,1-4H3. The van der Waals surface area contributed by atoms with Crippen LogP contribution in [-0.2, 0) is 10.8 Å². The molecule has 0 N–H and O–H groups in total. The molecule has 0 aliphatic heterocycles. The Balaban J connectivity index is 1.21. The SMILES string of the molecule is CC1(C)c2ccccc2-c2c(N(c3cccc4c3-c3ccccc3C4(C)C)c3cccc4cc(-n5c6ccccc6c6ccccc65)ccc34)cccc21. The highest BCUT2D eigenvalue weighted by molar-refractivity contribution is 6.10. The lowest BCUT2D eigenvalue weighted by Gasteiger charge is -2.32. The normalized spacial score (nSPS) is 14.6. The lowest BCUT2D eigenvalue weighted by Crippen LogP contribution is -2.17. The van der Waals surface area contributed by atoms with Gasteiger partial charge in [-0.3, -0.25) is 0 Å². The van der Waals surface area contributed by atoms with E-state index in [0.29, 0.717) is 0 Å². The molecule has 2 aliphatic rings. The predicted molar refractivity (Wildman–Crippen MR) is 228 cm³/mol. The van der Waals surface area contributed by atoms with Crippen LogP contribution in [0.1, 0.15) is 49.9 Å². The molecule has 0 unspecified atom stereocenters. The summed E-state index contributed by atoms with van der Waals surface area (Å²) < 4.78 is 2.42. The number of benzene rings is 8. The van der Waals surface area contributed by atoms with Crippen molar-refractivity contribution >= 4 is 49.6 Å². The molecule has 2 aliphatic carbocycles. The number of aromatic nitrogens is 1. The zero-order valence-electron chi connectivity index (χ0n) is 31.1. The van der Waals surface area contributed by atoms with E-state index in [9.17, 15) is 0 Å². The highest BCUT2D eigenvalue weighted by Crippen LogP contribution is 2.58. The van der Waals surface area contributed by atoms with Crippen molar-refractivity contribution in [3.05, 3.63) is 192 Å². The first-order valence-corrected chi connectivity index (χ1v) is 19.1. The Labute approximate surface area is 316 Å². The van der Waals surface area contributed by atoms with Crippen LogP contribution in [0.15, 0.2) is 170 Å². The van der Waals surface area contributed by atoms with Gasteiger partial charge in [-0.05, 0) is 81.2 Å². The maximum atomic E-state index is 2.58. The van der Waals surface area contributed by atoms with Gasteiger partial charge in [0.15, 0.2) is 0 Å². The molecule has 11 rings (SSSR count). The van der Waals surface area contributed by atoms with Crippen molar-refractivity contribution in [2.45, 2.75) is 38.5 Å². The molecule has 1 heterocycles. The molecule has 0 saturated heterocycles. The lowest BCUT2D eigenvalue weighted by molar-refractivity contribution is 0.660. The third-order valence-corrected chi connectivity index (χ3v) is 12.6. The number of para-hydroxylation sites is 2. The molecule has 0 radical (unpaired) electrons. The third-order valence-electron chi connectivity index (χ3n) is 12.6. The molecule has 0 saturated carbocycles. The van der Waals surface area contributed by atoms with Crippen LogP contribution in [0.2, 0.25) is 0 Å². The third kappa shape index (κ3) is 4.11. The maximum absolute atomic E-state index is 2.58. The maximum Gasteiger partial charge on any atom is 0.0543 e. The van der Waals surface area contributed by atoms with Crippen LogP contribution in [0.25, 0.3) is 60.5 Å². The van der Waals surface area contributed by atoms with Crippen LogP contribution in [0.3, 0.4) is 0 Å². The van der Waals surface area contributed by atoms with Gasteiger partial charge < -0.3 is 9.47 Å². The van der Waals surface area contributed by atoms with Crippen LogP contribution < -0.4 is 4.90 Å². The average Bonchev–Trinajstić information content (AvgIpc) is 3.76. The first-order valence-electron chi connectivity index (χ1n) is 19.1. The Morgan fingerprint density at radius 3 is 1.43 bits per heavy atom. The van der Waals surface area contributed by atoms with Crippen molar-refractivity contribution in [1.82, 2.24) is 4.57 Å². The van der Waals surface area contributed by atoms with Crippen LogP contribution in [-0.4, -0.2) is 4.57 Å². The molecule has 0 spiro atoms. The number of rotatable bonds is 4. The summed E-state index contributed by atoms with van der Waals surface area (Å²) in [7, 11) is 0. The second-order valence-electron chi connectivity index (χ2n) is 16.1. The van der Waals surface area contributed by atoms with Crippen molar-refractivity contribution < 1.29 is 0 Å². The highest BCUT2D eigenvalue weighted by atomic mass is 15.2. The van der Waals surface area contributed by atoms with Gasteiger partial charge in [-0.25, -0.2) is 0 Å². The lowest BCUT2D eigenvalue weighted by atomic mass is 9.82. The minimum Gasteiger partial charge on any atom is -0.309 e. The Kier molecular flexibility index (Phi) is 6.39. The van der Waals surface area contributed by atoms with E-state index in [1.807, 2.05) is 0 Å². The Bertz CT molecular complexity index is 2850. The van der Waals surface area contributed by atoms with Gasteiger partial charge in [-0.2, -0.15) is 0 Å². The molecule has 0 bridgehead atoms. The monoisotopic (exact) mass is 692 g/mol. The average molecular weight is 693 g/mol. The zero-order chi connectivity index (χ0) is 36.3. The van der Waals surface area contributed by atoms with Crippen molar-refractivity contribution in [3.63, 3.8) is 0 Å². The fourth-order valence-corrected chi connectivity index (χ4v) is 10.0. The second-order valence-corrected chi connectivity index (χ2v) is 16.1. The zero-order valence-corrected chi connectivity index (χ0v) is 31.1. The van der Waals surface area contributed by atoms with Crippen molar-refractivity contribution in [1.29, 1.82) is 0 Å². The van der Waals surface area contributed by atoms with Crippen LogP contribution in [0.5, 0.6) is 0 Å². The number of fused-ring (bicyclic) bond motifs is 10. The van der Waals surface area contributed by atoms with Crippen molar-refractivity contribution in [2.24, 2.45) is 0 Å². The number of hydrogen-bond donors (Lipinski definition) is 0. The topological polar surface area (TPSA) is 8.17 Å².